The lowest BCUT2D eigenvalue weighted by Gasteiger charge is -2.08. The minimum Gasteiger partial charge on any atom is -0.348 e. The third-order valence-electron chi connectivity index (χ3n) is 2.80. The van der Waals surface area contributed by atoms with Crippen molar-refractivity contribution in [2.75, 3.05) is 0 Å². The van der Waals surface area contributed by atoms with E-state index in [-0.39, 0.29) is 5.91 Å². The Bertz CT molecular complexity index is 614. The van der Waals surface area contributed by atoms with Crippen molar-refractivity contribution in [3.05, 3.63) is 68.7 Å². The Labute approximate surface area is 136 Å². The zero-order valence-electron chi connectivity index (χ0n) is 10.5. The number of benzene rings is 2. The minimum absolute atomic E-state index is 0.166. The average Bonchev–Trinajstić information content (AvgIpc) is 2.47. The predicted octanol–water partition coefficient (Wildman–Crippen LogP) is 4.77. The molecule has 0 saturated heterocycles. The Kier molecular flexibility index (Phi) is 5.46. The molecule has 0 bridgehead atoms. The summed E-state index contributed by atoms with van der Waals surface area (Å²) in [5.41, 5.74) is 2.60. The SMILES string of the molecule is O=C(NCc1ccc(CCl)cc1)c1cc(Cl)ccc1Br. The molecular formula is C15H12BrCl2NO. The number of hydrogen-bond donors (Lipinski definition) is 1. The van der Waals surface area contributed by atoms with Crippen LogP contribution >= 0.6 is 39.1 Å². The highest BCUT2D eigenvalue weighted by molar-refractivity contribution is 9.10. The van der Waals surface area contributed by atoms with Gasteiger partial charge in [-0.3, -0.25) is 4.79 Å². The molecule has 2 nitrogen and oxygen atoms in total. The normalized spacial score (nSPS) is 10.3. The van der Waals surface area contributed by atoms with Gasteiger partial charge in [0.15, 0.2) is 0 Å². The third kappa shape index (κ3) is 3.98. The van der Waals surface area contributed by atoms with Crippen LogP contribution in [0.4, 0.5) is 0 Å². The number of rotatable bonds is 4. The van der Waals surface area contributed by atoms with E-state index in [0.717, 1.165) is 15.6 Å². The van der Waals surface area contributed by atoms with Crippen LogP contribution in [-0.2, 0) is 12.4 Å². The summed E-state index contributed by atoms with van der Waals surface area (Å²) < 4.78 is 0.719. The molecule has 0 heterocycles. The first kappa shape index (κ1) is 15.4. The molecule has 2 rings (SSSR count). The molecule has 2 aromatic carbocycles. The smallest absolute Gasteiger partial charge is 0.252 e. The van der Waals surface area contributed by atoms with Gasteiger partial charge >= 0.3 is 0 Å². The molecule has 0 spiro atoms. The van der Waals surface area contributed by atoms with Crippen LogP contribution < -0.4 is 5.32 Å². The van der Waals surface area contributed by atoms with Gasteiger partial charge in [0.2, 0.25) is 0 Å². The van der Waals surface area contributed by atoms with Crippen LogP contribution in [0.2, 0.25) is 5.02 Å². The molecule has 0 aliphatic rings. The van der Waals surface area contributed by atoms with Crippen LogP contribution in [0.15, 0.2) is 46.9 Å². The van der Waals surface area contributed by atoms with Gasteiger partial charge in [-0.05, 0) is 45.3 Å². The zero-order valence-corrected chi connectivity index (χ0v) is 13.6. The lowest BCUT2D eigenvalue weighted by Crippen LogP contribution is -2.23. The maximum atomic E-state index is 12.1. The van der Waals surface area contributed by atoms with Gasteiger partial charge in [0.1, 0.15) is 0 Å². The van der Waals surface area contributed by atoms with Crippen LogP contribution in [-0.4, -0.2) is 5.91 Å². The summed E-state index contributed by atoms with van der Waals surface area (Å²) in [6.07, 6.45) is 0. The summed E-state index contributed by atoms with van der Waals surface area (Å²) in [6, 6.07) is 12.9. The largest absolute Gasteiger partial charge is 0.348 e. The number of carbonyl (C=O) groups is 1. The molecule has 0 unspecified atom stereocenters. The summed E-state index contributed by atoms with van der Waals surface area (Å²) in [7, 11) is 0. The molecule has 1 N–H and O–H groups in total. The standard InChI is InChI=1S/C15H12BrCl2NO/c16-14-6-5-12(18)7-13(14)15(20)19-9-11-3-1-10(8-17)2-4-11/h1-7H,8-9H2,(H,19,20). The van der Waals surface area contributed by atoms with Crippen molar-refractivity contribution in [3.8, 4) is 0 Å². The van der Waals surface area contributed by atoms with Crippen molar-refractivity contribution >= 4 is 45.0 Å². The van der Waals surface area contributed by atoms with Gasteiger partial charge in [-0.2, -0.15) is 0 Å². The van der Waals surface area contributed by atoms with Gasteiger partial charge in [0.05, 0.1) is 5.56 Å². The van der Waals surface area contributed by atoms with E-state index in [1.54, 1.807) is 18.2 Å². The second-order valence-electron chi connectivity index (χ2n) is 4.26. The van der Waals surface area contributed by atoms with E-state index in [1.165, 1.54) is 0 Å². The number of halogens is 3. The van der Waals surface area contributed by atoms with Crippen molar-refractivity contribution in [1.82, 2.24) is 5.32 Å². The first-order valence-electron chi connectivity index (χ1n) is 5.97. The van der Waals surface area contributed by atoms with Crippen LogP contribution in [0.5, 0.6) is 0 Å². The third-order valence-corrected chi connectivity index (χ3v) is 4.04. The van der Waals surface area contributed by atoms with E-state index in [9.17, 15) is 4.79 Å². The molecule has 0 saturated carbocycles. The predicted molar refractivity (Wildman–Crippen MR) is 86.3 cm³/mol. The Morgan fingerprint density at radius 3 is 2.40 bits per heavy atom. The van der Waals surface area contributed by atoms with Crippen molar-refractivity contribution < 1.29 is 4.79 Å². The fraction of sp³-hybridized carbons (Fsp3) is 0.133. The molecule has 5 heteroatoms. The Morgan fingerprint density at radius 1 is 1.10 bits per heavy atom. The Morgan fingerprint density at radius 2 is 1.75 bits per heavy atom. The quantitative estimate of drug-likeness (QED) is 0.769. The van der Waals surface area contributed by atoms with Crippen molar-refractivity contribution in [2.24, 2.45) is 0 Å². The summed E-state index contributed by atoms with van der Waals surface area (Å²) in [5.74, 6) is 0.322. The molecular weight excluding hydrogens is 361 g/mol. The molecule has 0 fully saturated rings. The van der Waals surface area contributed by atoms with E-state index < -0.39 is 0 Å². The summed E-state index contributed by atoms with van der Waals surface area (Å²) in [6.45, 7) is 0.459. The summed E-state index contributed by atoms with van der Waals surface area (Å²) in [4.78, 5) is 12.1. The molecule has 0 aromatic heterocycles. The molecule has 104 valence electrons. The summed E-state index contributed by atoms with van der Waals surface area (Å²) in [5, 5.41) is 3.39. The zero-order chi connectivity index (χ0) is 14.5. The average molecular weight is 373 g/mol. The highest BCUT2D eigenvalue weighted by Gasteiger charge is 2.10. The van der Waals surface area contributed by atoms with Gasteiger partial charge < -0.3 is 5.32 Å². The van der Waals surface area contributed by atoms with Crippen molar-refractivity contribution in [3.63, 3.8) is 0 Å². The topological polar surface area (TPSA) is 29.1 Å². The highest BCUT2D eigenvalue weighted by atomic mass is 79.9. The number of nitrogens with one attached hydrogen (secondary N) is 1. The van der Waals surface area contributed by atoms with Crippen LogP contribution in [0.3, 0.4) is 0 Å². The van der Waals surface area contributed by atoms with E-state index in [4.69, 9.17) is 23.2 Å². The first-order valence-corrected chi connectivity index (χ1v) is 7.67. The highest BCUT2D eigenvalue weighted by Crippen LogP contribution is 2.21. The summed E-state index contributed by atoms with van der Waals surface area (Å²) >= 11 is 15.0. The number of amides is 1. The molecule has 0 aliphatic heterocycles. The van der Waals surface area contributed by atoms with E-state index in [1.807, 2.05) is 24.3 Å². The Balaban J connectivity index is 2.02. The lowest BCUT2D eigenvalue weighted by atomic mass is 10.1. The fourth-order valence-corrected chi connectivity index (χ4v) is 2.47. The molecule has 0 atom stereocenters. The molecule has 0 aliphatic carbocycles. The minimum atomic E-state index is -0.166. The molecule has 20 heavy (non-hydrogen) atoms. The van der Waals surface area contributed by atoms with Gasteiger partial charge in [0, 0.05) is 21.9 Å². The second kappa shape index (κ2) is 7.11. The van der Waals surface area contributed by atoms with Crippen molar-refractivity contribution in [2.45, 2.75) is 12.4 Å². The second-order valence-corrected chi connectivity index (χ2v) is 5.82. The molecule has 2 aromatic rings. The first-order chi connectivity index (χ1) is 9.60. The fourth-order valence-electron chi connectivity index (χ4n) is 1.70. The Hall–Kier alpha value is -1.03. The monoisotopic (exact) mass is 371 g/mol. The van der Waals surface area contributed by atoms with E-state index >= 15 is 0 Å². The maximum Gasteiger partial charge on any atom is 0.252 e. The van der Waals surface area contributed by atoms with Gasteiger partial charge in [-0.25, -0.2) is 0 Å². The van der Waals surface area contributed by atoms with E-state index in [2.05, 4.69) is 21.2 Å². The van der Waals surface area contributed by atoms with Gasteiger partial charge in [-0.15, -0.1) is 11.6 Å². The van der Waals surface area contributed by atoms with Crippen LogP contribution in [0.25, 0.3) is 0 Å². The molecule has 0 radical (unpaired) electrons. The van der Waals surface area contributed by atoms with Crippen LogP contribution in [0.1, 0.15) is 21.5 Å². The van der Waals surface area contributed by atoms with Crippen molar-refractivity contribution in [1.29, 1.82) is 0 Å². The number of carbonyl (C=O) groups excluding carboxylic acids is 1. The van der Waals surface area contributed by atoms with Gasteiger partial charge in [-0.1, -0.05) is 35.9 Å². The van der Waals surface area contributed by atoms with Gasteiger partial charge in [0.25, 0.3) is 5.91 Å². The molecule has 1 amide bonds. The number of hydrogen-bond acceptors (Lipinski definition) is 1. The van der Waals surface area contributed by atoms with E-state index in [0.29, 0.717) is 23.0 Å². The van der Waals surface area contributed by atoms with Crippen LogP contribution in [0, 0.1) is 0 Å². The lowest BCUT2D eigenvalue weighted by molar-refractivity contribution is 0.0950. The number of alkyl halides is 1. The maximum absolute atomic E-state index is 12.1.